The second kappa shape index (κ2) is 11.6. The van der Waals surface area contributed by atoms with Gasteiger partial charge in [-0.25, -0.2) is 9.97 Å². The highest BCUT2D eigenvalue weighted by atomic mass is 35.5. The van der Waals surface area contributed by atoms with Crippen LogP contribution in [0.3, 0.4) is 0 Å². The molecule has 9 heteroatoms. The van der Waals surface area contributed by atoms with Crippen molar-refractivity contribution in [1.82, 2.24) is 14.9 Å². The van der Waals surface area contributed by atoms with E-state index in [1.807, 2.05) is 25.2 Å². The number of carbonyl (C=O) groups is 1. The van der Waals surface area contributed by atoms with Gasteiger partial charge in [0.05, 0.1) is 20.0 Å². The summed E-state index contributed by atoms with van der Waals surface area (Å²) in [7, 11) is 5.04. The minimum Gasteiger partial charge on any atom is -0.493 e. The van der Waals surface area contributed by atoms with E-state index in [0.29, 0.717) is 28.4 Å². The lowest BCUT2D eigenvalue weighted by molar-refractivity contribution is -0.127. The molecule has 1 amide bonds. The molecule has 1 aromatic carbocycles. The first kappa shape index (κ1) is 24.5. The third-order valence-electron chi connectivity index (χ3n) is 5.70. The van der Waals surface area contributed by atoms with Crippen LogP contribution in [0, 0.1) is 5.92 Å². The van der Waals surface area contributed by atoms with Crippen LogP contribution in [-0.4, -0.2) is 67.4 Å². The Bertz CT molecular complexity index is 922. The van der Waals surface area contributed by atoms with Crippen LogP contribution in [0.1, 0.15) is 25.3 Å². The number of methoxy groups -OCH3 is 2. The monoisotopic (exact) mass is 478 g/mol. The van der Waals surface area contributed by atoms with Crippen molar-refractivity contribution in [2.45, 2.75) is 31.3 Å². The van der Waals surface area contributed by atoms with E-state index >= 15 is 0 Å². The lowest BCUT2D eigenvalue weighted by Gasteiger charge is -2.31. The minimum absolute atomic E-state index is 0.0207. The Morgan fingerprint density at radius 2 is 1.91 bits per heavy atom. The Kier molecular flexibility index (Phi) is 8.87. The maximum absolute atomic E-state index is 12.6. The van der Waals surface area contributed by atoms with E-state index in [0.717, 1.165) is 49.7 Å². The largest absolute Gasteiger partial charge is 0.493 e. The molecule has 1 fully saturated rings. The predicted molar refractivity (Wildman–Crippen MR) is 129 cm³/mol. The van der Waals surface area contributed by atoms with Crippen LogP contribution in [0.2, 0.25) is 5.15 Å². The van der Waals surface area contributed by atoms with Crippen molar-refractivity contribution in [2.24, 2.45) is 5.92 Å². The summed E-state index contributed by atoms with van der Waals surface area (Å²) in [6, 6.07) is 7.60. The van der Waals surface area contributed by atoms with Gasteiger partial charge in [-0.2, -0.15) is 0 Å². The second-order valence-corrected chi connectivity index (χ2v) is 9.37. The number of hydrogen-bond acceptors (Lipinski definition) is 7. The van der Waals surface area contributed by atoms with Crippen molar-refractivity contribution in [3.63, 3.8) is 0 Å². The van der Waals surface area contributed by atoms with E-state index in [1.54, 1.807) is 25.2 Å². The summed E-state index contributed by atoms with van der Waals surface area (Å²) in [5, 5.41) is 0.943. The van der Waals surface area contributed by atoms with Crippen LogP contribution < -0.4 is 14.4 Å². The Labute approximate surface area is 199 Å². The number of likely N-dealkylation sites (N-methyl/N-ethyl adjacent to an activating group) is 1. The van der Waals surface area contributed by atoms with E-state index in [1.165, 1.54) is 11.8 Å². The zero-order valence-corrected chi connectivity index (χ0v) is 20.7. The molecule has 32 heavy (non-hydrogen) atoms. The molecule has 0 spiro atoms. The molecule has 3 rings (SSSR count). The molecule has 0 saturated carbocycles. The molecule has 7 nitrogen and oxygen atoms in total. The molecule has 0 N–H and O–H groups in total. The molecule has 0 unspecified atom stereocenters. The van der Waals surface area contributed by atoms with Gasteiger partial charge in [-0.1, -0.05) is 36.4 Å². The maximum Gasteiger partial charge on any atom is 0.232 e. The first-order valence-corrected chi connectivity index (χ1v) is 12.1. The van der Waals surface area contributed by atoms with E-state index in [9.17, 15) is 4.79 Å². The van der Waals surface area contributed by atoms with Gasteiger partial charge >= 0.3 is 0 Å². The van der Waals surface area contributed by atoms with E-state index in [2.05, 4.69) is 21.8 Å². The Morgan fingerprint density at radius 1 is 1.19 bits per heavy atom. The SMILES string of the molecule is COc1ccc(CCN(C)C(=O)CSc2nc(Cl)cc(N3CCC(C)CC3)n2)cc1OC. The smallest absolute Gasteiger partial charge is 0.232 e. The number of nitrogens with zero attached hydrogens (tertiary/aromatic N) is 4. The lowest BCUT2D eigenvalue weighted by Crippen LogP contribution is -2.33. The normalized spacial score (nSPS) is 14.3. The third kappa shape index (κ3) is 6.65. The number of rotatable bonds is 9. The number of aromatic nitrogens is 2. The summed E-state index contributed by atoms with van der Waals surface area (Å²) in [4.78, 5) is 25.5. The fraction of sp³-hybridized carbons (Fsp3) is 0.522. The number of carbonyl (C=O) groups excluding carboxylic acids is 1. The molecule has 174 valence electrons. The lowest BCUT2D eigenvalue weighted by atomic mass is 9.99. The summed E-state index contributed by atoms with van der Waals surface area (Å²) in [6.45, 7) is 4.81. The van der Waals surface area contributed by atoms with Crippen LogP contribution in [0.25, 0.3) is 0 Å². The van der Waals surface area contributed by atoms with Crippen molar-refractivity contribution >= 4 is 35.1 Å². The average Bonchev–Trinajstić information content (AvgIpc) is 2.80. The zero-order valence-electron chi connectivity index (χ0n) is 19.1. The van der Waals surface area contributed by atoms with Gasteiger partial charge < -0.3 is 19.3 Å². The standard InChI is InChI=1S/C23H31ClN4O3S/c1-16-7-11-28(12-8-16)21-14-20(24)25-23(26-21)32-15-22(29)27(2)10-9-17-5-6-18(30-3)19(13-17)31-4/h5-6,13-14,16H,7-12,15H2,1-4H3. The number of hydrogen-bond donors (Lipinski definition) is 0. The highest BCUT2D eigenvalue weighted by molar-refractivity contribution is 7.99. The van der Waals surface area contributed by atoms with Crippen molar-refractivity contribution in [2.75, 3.05) is 51.6 Å². The molecule has 0 bridgehead atoms. The van der Waals surface area contributed by atoms with Gasteiger partial charge in [-0.15, -0.1) is 0 Å². The first-order valence-electron chi connectivity index (χ1n) is 10.8. The molecule has 0 aliphatic carbocycles. The molecular formula is C23H31ClN4O3S. The quantitative estimate of drug-likeness (QED) is 0.304. The van der Waals surface area contributed by atoms with Crippen LogP contribution in [0.5, 0.6) is 11.5 Å². The molecular weight excluding hydrogens is 448 g/mol. The second-order valence-electron chi connectivity index (χ2n) is 8.04. The summed E-state index contributed by atoms with van der Waals surface area (Å²) in [5.41, 5.74) is 1.08. The Balaban J connectivity index is 1.52. The molecule has 1 saturated heterocycles. The van der Waals surface area contributed by atoms with Gasteiger partial charge in [-0.3, -0.25) is 4.79 Å². The minimum atomic E-state index is 0.0207. The number of halogens is 1. The molecule has 2 heterocycles. The zero-order chi connectivity index (χ0) is 23.1. The fourth-order valence-electron chi connectivity index (χ4n) is 3.54. The highest BCUT2D eigenvalue weighted by Gasteiger charge is 2.19. The Hall–Kier alpha value is -2.19. The van der Waals surface area contributed by atoms with Gasteiger partial charge in [-0.05, 0) is 42.9 Å². The van der Waals surface area contributed by atoms with Crippen molar-refractivity contribution in [3.05, 3.63) is 35.0 Å². The molecule has 2 aromatic rings. The van der Waals surface area contributed by atoms with Gasteiger partial charge in [0.2, 0.25) is 5.91 Å². The summed E-state index contributed by atoms with van der Waals surface area (Å²) >= 11 is 7.56. The summed E-state index contributed by atoms with van der Waals surface area (Å²) < 4.78 is 10.6. The van der Waals surface area contributed by atoms with E-state index in [-0.39, 0.29) is 11.7 Å². The predicted octanol–water partition coefficient (Wildman–Crippen LogP) is 4.18. The highest BCUT2D eigenvalue weighted by Crippen LogP contribution is 2.28. The topological polar surface area (TPSA) is 67.8 Å². The van der Waals surface area contributed by atoms with Gasteiger partial charge in [0.1, 0.15) is 11.0 Å². The number of anilines is 1. The fourth-order valence-corrected chi connectivity index (χ4v) is 4.57. The van der Waals surface area contributed by atoms with Gasteiger partial charge in [0.25, 0.3) is 0 Å². The molecule has 1 aliphatic heterocycles. The number of ether oxygens (including phenoxy) is 2. The van der Waals surface area contributed by atoms with Gasteiger partial charge in [0, 0.05) is 32.7 Å². The molecule has 1 aliphatic rings. The Morgan fingerprint density at radius 3 is 2.59 bits per heavy atom. The van der Waals surface area contributed by atoms with Crippen molar-refractivity contribution < 1.29 is 14.3 Å². The first-order chi connectivity index (χ1) is 15.4. The average molecular weight is 479 g/mol. The number of benzene rings is 1. The van der Waals surface area contributed by atoms with Crippen molar-refractivity contribution in [1.29, 1.82) is 0 Å². The van der Waals surface area contributed by atoms with Crippen molar-refractivity contribution in [3.8, 4) is 11.5 Å². The van der Waals surface area contributed by atoms with E-state index < -0.39 is 0 Å². The van der Waals surface area contributed by atoms with E-state index in [4.69, 9.17) is 21.1 Å². The molecule has 1 aromatic heterocycles. The number of amides is 1. The number of piperidine rings is 1. The summed E-state index contributed by atoms with van der Waals surface area (Å²) in [5.74, 6) is 3.24. The number of thioether (sulfide) groups is 1. The third-order valence-corrected chi connectivity index (χ3v) is 6.73. The van der Waals surface area contributed by atoms with Crippen LogP contribution in [-0.2, 0) is 11.2 Å². The molecule has 0 atom stereocenters. The van der Waals surface area contributed by atoms with Crippen LogP contribution in [0.15, 0.2) is 29.4 Å². The molecule has 0 radical (unpaired) electrons. The van der Waals surface area contributed by atoms with Crippen LogP contribution in [0.4, 0.5) is 5.82 Å². The van der Waals surface area contributed by atoms with Crippen LogP contribution >= 0.6 is 23.4 Å². The maximum atomic E-state index is 12.6. The van der Waals surface area contributed by atoms with Gasteiger partial charge in [0.15, 0.2) is 16.7 Å². The summed E-state index contributed by atoms with van der Waals surface area (Å²) in [6.07, 6.45) is 3.01.